The molecule has 0 saturated carbocycles. The van der Waals surface area contributed by atoms with Crippen LogP contribution >= 0.6 is 0 Å². The number of benzene rings is 2. The Hall–Kier alpha value is -2.68. The third-order valence-corrected chi connectivity index (χ3v) is 5.94. The molecule has 2 atom stereocenters. The van der Waals surface area contributed by atoms with Gasteiger partial charge in [-0.2, -0.15) is 0 Å². The van der Waals surface area contributed by atoms with Gasteiger partial charge < -0.3 is 15.4 Å². The Bertz CT molecular complexity index is 857. The van der Waals surface area contributed by atoms with E-state index in [2.05, 4.69) is 60.2 Å². The summed E-state index contributed by atoms with van der Waals surface area (Å²) in [6, 6.07) is 15.4. The van der Waals surface area contributed by atoms with E-state index in [4.69, 9.17) is 4.74 Å². The van der Waals surface area contributed by atoms with Gasteiger partial charge >= 0.3 is 0 Å². The number of anilines is 1. The largest absolute Gasteiger partial charge is 0.497 e. The second-order valence-electron chi connectivity index (χ2n) is 7.19. The van der Waals surface area contributed by atoms with Crippen LogP contribution in [0.3, 0.4) is 0 Å². The van der Waals surface area contributed by atoms with Gasteiger partial charge in [0.1, 0.15) is 5.75 Å². The van der Waals surface area contributed by atoms with Gasteiger partial charge in [-0.05, 0) is 65.9 Å². The van der Waals surface area contributed by atoms with E-state index in [9.17, 15) is 0 Å². The lowest BCUT2D eigenvalue weighted by atomic mass is 9.70. The highest BCUT2D eigenvalue weighted by Gasteiger charge is 2.52. The molecule has 4 rings (SSSR count). The molecule has 2 aromatic carbocycles. The number of methoxy groups -OCH3 is 1. The van der Waals surface area contributed by atoms with Crippen molar-refractivity contribution < 1.29 is 4.74 Å². The van der Waals surface area contributed by atoms with Crippen molar-refractivity contribution in [3.05, 3.63) is 78.5 Å². The molecule has 0 bridgehead atoms. The number of fused-ring (bicyclic) bond motifs is 3. The number of hydrogen-bond donors (Lipinski definition) is 2. The summed E-state index contributed by atoms with van der Waals surface area (Å²) in [5.74, 6) is 0.905. The molecule has 3 heteroatoms. The Morgan fingerprint density at radius 3 is 2.92 bits per heavy atom. The van der Waals surface area contributed by atoms with E-state index in [-0.39, 0.29) is 5.41 Å². The Morgan fingerprint density at radius 1 is 1.31 bits per heavy atom. The smallest absolute Gasteiger partial charge is 0.119 e. The summed E-state index contributed by atoms with van der Waals surface area (Å²) in [5, 5.41) is 7.00. The predicted molar refractivity (Wildman–Crippen MR) is 109 cm³/mol. The third-order valence-electron chi connectivity index (χ3n) is 5.94. The van der Waals surface area contributed by atoms with Gasteiger partial charge in [0.15, 0.2) is 0 Å². The molecule has 0 unspecified atom stereocenters. The van der Waals surface area contributed by atoms with Crippen LogP contribution in [0.1, 0.15) is 29.5 Å². The minimum absolute atomic E-state index is 0.0955. The van der Waals surface area contributed by atoms with Gasteiger partial charge in [0.2, 0.25) is 0 Å². The molecule has 0 saturated heterocycles. The molecule has 1 aliphatic heterocycles. The molecule has 0 fully saturated rings. The first-order valence-corrected chi connectivity index (χ1v) is 9.27. The van der Waals surface area contributed by atoms with E-state index < -0.39 is 0 Å². The minimum atomic E-state index is -0.0955. The minimum Gasteiger partial charge on any atom is -0.497 e. The second-order valence-corrected chi connectivity index (χ2v) is 7.19. The molecule has 2 aromatic rings. The fourth-order valence-electron chi connectivity index (χ4n) is 4.68. The van der Waals surface area contributed by atoms with Crippen molar-refractivity contribution in [3.63, 3.8) is 0 Å². The predicted octanol–water partition coefficient (Wildman–Crippen LogP) is 4.51. The van der Waals surface area contributed by atoms with Crippen LogP contribution in [0.5, 0.6) is 5.75 Å². The van der Waals surface area contributed by atoms with Crippen molar-refractivity contribution in [3.8, 4) is 5.75 Å². The van der Waals surface area contributed by atoms with Crippen molar-refractivity contribution in [1.82, 2.24) is 5.32 Å². The van der Waals surface area contributed by atoms with E-state index in [1.54, 1.807) is 13.3 Å². The third kappa shape index (κ3) is 2.42. The average Bonchev–Trinajstić information content (AvgIpc) is 3.15. The molecule has 1 heterocycles. The molecule has 2 N–H and O–H groups in total. The van der Waals surface area contributed by atoms with E-state index in [1.807, 2.05) is 6.07 Å². The Labute approximate surface area is 155 Å². The van der Waals surface area contributed by atoms with Crippen molar-refractivity contribution >= 4 is 11.3 Å². The molecule has 26 heavy (non-hydrogen) atoms. The monoisotopic (exact) mass is 346 g/mol. The van der Waals surface area contributed by atoms with Crippen LogP contribution in [0.2, 0.25) is 0 Å². The fourth-order valence-corrected chi connectivity index (χ4v) is 4.68. The van der Waals surface area contributed by atoms with Crippen LogP contribution in [0.15, 0.2) is 61.8 Å². The van der Waals surface area contributed by atoms with Crippen molar-refractivity contribution in [2.75, 3.05) is 19.0 Å². The van der Waals surface area contributed by atoms with Crippen molar-refractivity contribution in [2.45, 2.75) is 30.7 Å². The zero-order chi connectivity index (χ0) is 18.1. The van der Waals surface area contributed by atoms with Gasteiger partial charge in [0.05, 0.1) is 7.11 Å². The summed E-state index contributed by atoms with van der Waals surface area (Å²) < 4.78 is 5.52. The maximum atomic E-state index is 5.52. The number of ether oxygens (including phenoxy) is 1. The summed E-state index contributed by atoms with van der Waals surface area (Å²) in [7, 11) is 1.73. The van der Waals surface area contributed by atoms with Gasteiger partial charge in [-0.3, -0.25) is 0 Å². The van der Waals surface area contributed by atoms with Gasteiger partial charge in [0.25, 0.3) is 0 Å². The summed E-state index contributed by atoms with van der Waals surface area (Å²) in [5.41, 5.74) is 6.36. The van der Waals surface area contributed by atoms with Crippen LogP contribution in [0.4, 0.5) is 5.69 Å². The Kier molecular flexibility index (Phi) is 4.23. The molecule has 0 amide bonds. The molecule has 2 aliphatic rings. The zero-order valence-electron chi connectivity index (χ0n) is 15.3. The number of hydrogen-bond acceptors (Lipinski definition) is 3. The zero-order valence-corrected chi connectivity index (χ0v) is 15.3. The Balaban J connectivity index is 1.75. The van der Waals surface area contributed by atoms with Gasteiger partial charge in [-0.25, -0.2) is 0 Å². The molecule has 134 valence electrons. The van der Waals surface area contributed by atoms with Crippen molar-refractivity contribution in [2.24, 2.45) is 0 Å². The van der Waals surface area contributed by atoms with Crippen LogP contribution in [0.25, 0.3) is 5.57 Å². The summed E-state index contributed by atoms with van der Waals surface area (Å²) in [6.45, 7) is 9.25. The molecular weight excluding hydrogens is 320 g/mol. The highest BCUT2D eigenvalue weighted by Crippen LogP contribution is 2.57. The van der Waals surface area contributed by atoms with E-state index >= 15 is 0 Å². The first kappa shape index (κ1) is 16.8. The molecule has 3 nitrogen and oxygen atoms in total. The first-order valence-electron chi connectivity index (χ1n) is 9.27. The molecule has 0 radical (unpaired) electrons. The van der Waals surface area contributed by atoms with Crippen molar-refractivity contribution in [1.29, 1.82) is 0 Å². The number of nitrogens with one attached hydrogen (secondary N) is 2. The summed E-state index contributed by atoms with van der Waals surface area (Å²) in [6.07, 6.45) is 4.92. The Morgan fingerprint density at radius 2 is 2.15 bits per heavy atom. The second kappa shape index (κ2) is 6.56. The fraction of sp³-hybridized carbons (Fsp3) is 0.304. The van der Waals surface area contributed by atoms with E-state index in [1.165, 1.54) is 28.0 Å². The lowest BCUT2D eigenvalue weighted by molar-refractivity contribution is 0.411. The summed E-state index contributed by atoms with van der Waals surface area (Å²) in [4.78, 5) is 0. The molecule has 1 aliphatic carbocycles. The van der Waals surface area contributed by atoms with Crippen LogP contribution in [0, 0.1) is 0 Å². The standard InChI is InChI=1S/C23H26N2O/c1-4-24-13-7-10-22-23(15-17-8-5-6-9-19(17)16(23)2)20-14-18(26-3)11-12-21(20)25-22/h4-6,8-9,11-12,14,22,24-25H,1-2,7,10,13,15H2,3H3/t22-,23-/m0/s1. The SMILES string of the molecule is C=CNCCC[C@@H]1Nc2ccc(OC)cc2[C@@]12Cc1ccccc1C2=C. The highest BCUT2D eigenvalue weighted by atomic mass is 16.5. The van der Waals surface area contributed by atoms with Crippen LogP contribution in [-0.2, 0) is 11.8 Å². The lowest BCUT2D eigenvalue weighted by Crippen LogP contribution is -2.39. The molecular formula is C23H26N2O. The lowest BCUT2D eigenvalue weighted by Gasteiger charge is -2.33. The maximum Gasteiger partial charge on any atom is 0.119 e. The maximum absolute atomic E-state index is 5.52. The number of rotatable bonds is 6. The normalized spacial score (nSPS) is 22.7. The average molecular weight is 346 g/mol. The van der Waals surface area contributed by atoms with E-state index in [0.29, 0.717) is 6.04 Å². The van der Waals surface area contributed by atoms with Gasteiger partial charge in [-0.1, -0.05) is 37.4 Å². The topological polar surface area (TPSA) is 33.3 Å². The quantitative estimate of drug-likeness (QED) is 0.755. The van der Waals surface area contributed by atoms with Gasteiger partial charge in [-0.15, -0.1) is 0 Å². The first-order chi connectivity index (χ1) is 12.7. The summed E-state index contributed by atoms with van der Waals surface area (Å²) >= 11 is 0. The molecule has 1 spiro atoms. The van der Waals surface area contributed by atoms with Crippen LogP contribution in [-0.4, -0.2) is 19.7 Å². The highest BCUT2D eigenvalue weighted by molar-refractivity contribution is 5.87. The van der Waals surface area contributed by atoms with Crippen LogP contribution < -0.4 is 15.4 Å². The van der Waals surface area contributed by atoms with E-state index in [0.717, 1.165) is 31.6 Å². The molecule has 0 aromatic heterocycles. The van der Waals surface area contributed by atoms with Gasteiger partial charge in [0, 0.05) is 23.7 Å².